The predicted octanol–water partition coefficient (Wildman–Crippen LogP) is 2.14. The Morgan fingerprint density at radius 2 is 1.94 bits per heavy atom. The largest absolute Gasteiger partial charge is 0.326 e. The summed E-state index contributed by atoms with van der Waals surface area (Å²) >= 11 is 0. The van der Waals surface area contributed by atoms with Gasteiger partial charge in [0, 0.05) is 17.4 Å². The molecule has 18 heavy (non-hydrogen) atoms. The van der Waals surface area contributed by atoms with Gasteiger partial charge in [0.15, 0.2) is 9.84 Å². The minimum absolute atomic E-state index is 0.00834. The number of anilines is 1. The molecule has 0 atom stereocenters. The maximum Gasteiger partial charge on any atom is 0.230 e. The number of carbonyl (C=O) groups is 1. The summed E-state index contributed by atoms with van der Waals surface area (Å²) < 4.78 is 22.9. The second kappa shape index (κ2) is 4.09. The summed E-state index contributed by atoms with van der Waals surface area (Å²) in [7, 11) is -3.21. The van der Waals surface area contributed by atoms with E-state index >= 15 is 0 Å². The first-order valence-electron chi connectivity index (χ1n) is 5.84. The Hall–Kier alpha value is -1.36. The Bertz CT molecular complexity index is 601. The van der Waals surface area contributed by atoms with Crippen molar-refractivity contribution in [1.82, 2.24) is 0 Å². The number of sulfone groups is 1. The molecule has 0 spiro atoms. The monoisotopic (exact) mass is 267 g/mol. The van der Waals surface area contributed by atoms with Gasteiger partial charge < -0.3 is 5.32 Å². The van der Waals surface area contributed by atoms with Gasteiger partial charge in [-0.05, 0) is 43.5 Å². The van der Waals surface area contributed by atoms with Crippen molar-refractivity contribution >= 4 is 21.4 Å². The average molecular weight is 267 g/mol. The van der Waals surface area contributed by atoms with Gasteiger partial charge in [-0.15, -0.1) is 0 Å². The van der Waals surface area contributed by atoms with E-state index in [1.165, 1.54) is 12.3 Å². The lowest BCUT2D eigenvalue weighted by Gasteiger charge is -2.11. The van der Waals surface area contributed by atoms with Crippen LogP contribution in [0.3, 0.4) is 0 Å². The lowest BCUT2D eigenvalue weighted by atomic mass is 10.1. The van der Waals surface area contributed by atoms with Gasteiger partial charge in [-0.25, -0.2) is 8.42 Å². The number of rotatable bonds is 3. The van der Waals surface area contributed by atoms with Crippen molar-refractivity contribution in [1.29, 1.82) is 0 Å². The molecule has 1 aliphatic rings. The molecule has 1 amide bonds. The molecule has 1 aliphatic carbocycles. The molecule has 0 saturated heterocycles. The summed E-state index contributed by atoms with van der Waals surface area (Å²) in [5.74, 6) is 0.00834. The number of nitrogens with one attached hydrogen (secondary N) is 1. The molecule has 1 fully saturated rings. The van der Waals surface area contributed by atoms with Crippen LogP contribution in [0.1, 0.15) is 25.3 Å². The van der Waals surface area contributed by atoms with Crippen molar-refractivity contribution in [3.05, 3.63) is 23.8 Å². The van der Waals surface area contributed by atoms with E-state index in [9.17, 15) is 13.2 Å². The van der Waals surface area contributed by atoms with Crippen LogP contribution in [0, 0.1) is 12.3 Å². The molecule has 98 valence electrons. The molecule has 4 nitrogen and oxygen atoms in total. The Kier molecular flexibility index (Phi) is 2.97. The zero-order valence-corrected chi connectivity index (χ0v) is 11.6. The van der Waals surface area contributed by atoms with E-state index in [0.717, 1.165) is 12.8 Å². The second-order valence-corrected chi connectivity index (χ2v) is 7.25. The molecule has 1 saturated carbocycles. The highest BCUT2D eigenvalue weighted by atomic mass is 32.2. The molecule has 0 radical (unpaired) electrons. The lowest BCUT2D eigenvalue weighted by molar-refractivity contribution is -0.120. The molecule has 0 aromatic heterocycles. The molecule has 5 heteroatoms. The second-order valence-electron chi connectivity index (χ2n) is 5.27. The Balaban J connectivity index is 2.22. The molecule has 0 bridgehead atoms. The van der Waals surface area contributed by atoms with Gasteiger partial charge in [-0.2, -0.15) is 0 Å². The maximum atomic E-state index is 11.9. The van der Waals surface area contributed by atoms with Crippen LogP contribution in [0.25, 0.3) is 0 Å². The van der Waals surface area contributed by atoms with Crippen molar-refractivity contribution in [3.8, 4) is 0 Å². The number of amides is 1. The SMILES string of the molecule is Cc1cc(NC(=O)C2(C)CC2)ccc1S(C)(=O)=O. The van der Waals surface area contributed by atoms with Crippen LogP contribution in [-0.2, 0) is 14.6 Å². The highest BCUT2D eigenvalue weighted by Crippen LogP contribution is 2.45. The smallest absolute Gasteiger partial charge is 0.230 e. The van der Waals surface area contributed by atoms with Gasteiger partial charge >= 0.3 is 0 Å². The fourth-order valence-electron chi connectivity index (χ4n) is 1.84. The molecule has 1 aromatic carbocycles. The number of hydrogen-bond donors (Lipinski definition) is 1. The van der Waals surface area contributed by atoms with Gasteiger partial charge in [0.2, 0.25) is 5.91 Å². The molecule has 2 rings (SSSR count). The van der Waals surface area contributed by atoms with Gasteiger partial charge in [0.1, 0.15) is 0 Å². The third-order valence-electron chi connectivity index (χ3n) is 3.38. The molecule has 0 unspecified atom stereocenters. The summed E-state index contributed by atoms with van der Waals surface area (Å²) in [6, 6.07) is 4.86. The first-order chi connectivity index (χ1) is 8.22. The van der Waals surface area contributed by atoms with Gasteiger partial charge in [-0.1, -0.05) is 6.92 Å². The fraction of sp³-hybridized carbons (Fsp3) is 0.462. The molecule has 0 heterocycles. The summed E-state index contributed by atoms with van der Waals surface area (Å²) in [4.78, 5) is 12.2. The zero-order valence-electron chi connectivity index (χ0n) is 10.8. The van der Waals surface area contributed by atoms with Crippen molar-refractivity contribution in [3.63, 3.8) is 0 Å². The van der Waals surface area contributed by atoms with Gasteiger partial charge in [0.25, 0.3) is 0 Å². The summed E-state index contributed by atoms with van der Waals surface area (Å²) in [5, 5.41) is 2.83. The third-order valence-corrected chi connectivity index (χ3v) is 4.64. The molecular weight excluding hydrogens is 250 g/mol. The first-order valence-corrected chi connectivity index (χ1v) is 7.74. The summed E-state index contributed by atoms with van der Waals surface area (Å²) in [5.41, 5.74) is 1.07. The van der Waals surface area contributed by atoms with Crippen LogP contribution >= 0.6 is 0 Å². The topological polar surface area (TPSA) is 63.2 Å². The third kappa shape index (κ3) is 2.56. The summed E-state index contributed by atoms with van der Waals surface area (Å²) in [6.07, 6.45) is 3.01. The fourth-order valence-corrected chi connectivity index (χ4v) is 2.80. The van der Waals surface area contributed by atoms with Crippen molar-refractivity contribution in [2.45, 2.75) is 31.6 Å². The molecular formula is C13H17NO3S. The van der Waals surface area contributed by atoms with Crippen molar-refractivity contribution < 1.29 is 13.2 Å². The van der Waals surface area contributed by atoms with Gasteiger partial charge in [0.05, 0.1) is 4.90 Å². The van der Waals surface area contributed by atoms with Crippen LogP contribution in [0.5, 0.6) is 0 Å². The van der Waals surface area contributed by atoms with E-state index in [0.29, 0.717) is 16.1 Å². The molecule has 0 aliphatic heterocycles. The quantitative estimate of drug-likeness (QED) is 0.912. The standard InChI is InChI=1S/C13H17NO3S/c1-9-8-10(4-5-11(9)18(3,16)17)14-12(15)13(2)6-7-13/h4-5,8H,6-7H2,1-3H3,(H,14,15). The van der Waals surface area contributed by atoms with Crippen LogP contribution in [0.4, 0.5) is 5.69 Å². The number of aryl methyl sites for hydroxylation is 1. The Labute approximate surface area is 107 Å². The zero-order chi connectivity index (χ0) is 13.6. The van der Waals surface area contributed by atoms with Crippen LogP contribution in [0.2, 0.25) is 0 Å². The van der Waals surface area contributed by atoms with E-state index < -0.39 is 9.84 Å². The molecule has 1 aromatic rings. The van der Waals surface area contributed by atoms with Crippen molar-refractivity contribution in [2.75, 3.05) is 11.6 Å². The number of benzene rings is 1. The van der Waals surface area contributed by atoms with Crippen LogP contribution < -0.4 is 5.32 Å². The predicted molar refractivity (Wildman–Crippen MR) is 70.3 cm³/mol. The first kappa shape index (κ1) is 13.1. The van der Waals surface area contributed by atoms with E-state index in [4.69, 9.17) is 0 Å². The highest BCUT2D eigenvalue weighted by molar-refractivity contribution is 7.90. The number of carbonyl (C=O) groups excluding carboxylic acids is 1. The van der Waals surface area contributed by atoms with Crippen LogP contribution in [-0.4, -0.2) is 20.6 Å². The van der Waals surface area contributed by atoms with Gasteiger partial charge in [-0.3, -0.25) is 4.79 Å². The molecule has 1 N–H and O–H groups in total. The minimum Gasteiger partial charge on any atom is -0.326 e. The average Bonchev–Trinajstić information content (AvgIpc) is 2.96. The van der Waals surface area contributed by atoms with E-state index in [1.54, 1.807) is 19.1 Å². The summed E-state index contributed by atoms with van der Waals surface area (Å²) in [6.45, 7) is 3.66. The Morgan fingerprint density at radius 3 is 2.39 bits per heavy atom. The van der Waals surface area contributed by atoms with Crippen molar-refractivity contribution in [2.24, 2.45) is 5.41 Å². The van der Waals surface area contributed by atoms with E-state index in [-0.39, 0.29) is 11.3 Å². The lowest BCUT2D eigenvalue weighted by Crippen LogP contribution is -2.21. The number of hydrogen-bond acceptors (Lipinski definition) is 3. The van der Waals surface area contributed by atoms with Crippen LogP contribution in [0.15, 0.2) is 23.1 Å². The minimum atomic E-state index is -3.21. The van der Waals surface area contributed by atoms with E-state index in [2.05, 4.69) is 5.32 Å². The maximum absolute atomic E-state index is 11.9. The Morgan fingerprint density at radius 1 is 1.33 bits per heavy atom. The van der Waals surface area contributed by atoms with E-state index in [1.807, 2.05) is 6.92 Å². The normalized spacial score (nSPS) is 17.3. The highest BCUT2D eigenvalue weighted by Gasteiger charge is 2.44.